The highest BCUT2D eigenvalue weighted by Crippen LogP contribution is 0.981. The summed E-state index contributed by atoms with van der Waals surface area (Å²) < 4.78 is 0. The smallest absolute Gasteiger partial charge is 0 e. The van der Waals surface area contributed by atoms with E-state index in [1.165, 1.54) is 0 Å². The van der Waals surface area contributed by atoms with Crippen molar-refractivity contribution in [2.45, 2.75) is 0 Å². The van der Waals surface area contributed by atoms with Crippen LogP contribution in [0.25, 0.3) is 0 Å². The van der Waals surface area contributed by atoms with Crippen LogP contribution in [0.5, 0.6) is 0 Å². The van der Waals surface area contributed by atoms with E-state index in [4.69, 9.17) is 0 Å². The Balaban J connectivity index is -0.0000000275. The minimum Gasteiger partial charge on any atom is -0.323 e. The first-order chi connectivity index (χ1) is 2.41. The molecule has 0 saturated carbocycles. The lowest BCUT2D eigenvalue weighted by Gasteiger charge is -1.59. The summed E-state index contributed by atoms with van der Waals surface area (Å²) >= 11 is 0. The summed E-state index contributed by atoms with van der Waals surface area (Å²) in [5.41, 5.74) is 0. The van der Waals surface area contributed by atoms with Crippen LogP contribution in [0.2, 0.25) is 0 Å². The Labute approximate surface area is 48.1 Å². The van der Waals surface area contributed by atoms with Crippen LogP contribution < -0.4 is 5.32 Å². The van der Waals surface area contributed by atoms with Gasteiger partial charge in [-0.2, -0.15) is 0 Å². The van der Waals surface area contributed by atoms with Crippen LogP contribution in [-0.2, 0) is 0 Å². The summed E-state index contributed by atoms with van der Waals surface area (Å²) in [7, 11) is 11.8. The normalized spacial score (nSPS) is 3.67. The number of hydrogen-bond donors (Lipinski definition) is 1. The second-order valence-corrected chi connectivity index (χ2v) is 0.500. The van der Waals surface area contributed by atoms with Gasteiger partial charge in [0.05, 0.1) is 0 Å². The highest BCUT2D eigenvalue weighted by atomic mass is 35.5. The predicted octanol–water partition coefficient (Wildman–Crippen LogP) is -0.504. The van der Waals surface area contributed by atoms with E-state index < -0.39 is 0 Å². The maximum atomic E-state index is 4.00. The molecule has 6 heavy (non-hydrogen) atoms. The lowest BCUT2D eigenvalue weighted by molar-refractivity contribution is 1.02. The van der Waals surface area contributed by atoms with Crippen LogP contribution in [0.15, 0.2) is 0 Å². The molecule has 0 fully saturated rings. The molecule has 0 spiro atoms. The van der Waals surface area contributed by atoms with Crippen LogP contribution in [0.4, 0.5) is 0 Å². The quantitative estimate of drug-likeness (QED) is 0.407. The molecule has 34 valence electrons. The van der Waals surface area contributed by atoms with Crippen LogP contribution in [-0.4, -0.2) is 29.6 Å². The maximum absolute atomic E-state index is 4.00. The third-order valence-corrected chi connectivity index (χ3v) is 0. The van der Waals surface area contributed by atoms with Crippen molar-refractivity contribution in [3.8, 4) is 0 Å². The lowest BCUT2D eigenvalue weighted by Crippen LogP contribution is -1.89. The molecule has 0 aromatic rings. The van der Waals surface area contributed by atoms with Gasteiger partial charge >= 0.3 is 0 Å². The van der Waals surface area contributed by atoms with E-state index in [1.807, 2.05) is 14.1 Å². The summed E-state index contributed by atoms with van der Waals surface area (Å²) in [4.78, 5) is 0. The third kappa shape index (κ3) is 347. The van der Waals surface area contributed by atoms with Crippen molar-refractivity contribution in [3.63, 3.8) is 0 Å². The van der Waals surface area contributed by atoms with E-state index in [-0.39, 0.29) is 12.4 Å². The molecular weight excluding hydrogens is 95.1 g/mol. The minimum absolute atomic E-state index is 0. The fourth-order valence-electron chi connectivity index (χ4n) is 0. The Morgan fingerprint density at radius 3 is 1.17 bits per heavy atom. The Morgan fingerprint density at radius 2 is 1.17 bits per heavy atom. The molecule has 0 saturated heterocycles. The van der Waals surface area contributed by atoms with Gasteiger partial charge in [-0.15, -0.1) is 12.4 Å². The van der Waals surface area contributed by atoms with Crippen molar-refractivity contribution in [1.82, 2.24) is 5.32 Å². The van der Waals surface area contributed by atoms with Gasteiger partial charge in [-0.3, -0.25) is 0 Å². The minimum atomic E-state index is 0. The second kappa shape index (κ2) is 54.2. The number of nitrogens with one attached hydrogen (secondary N) is 1. The van der Waals surface area contributed by atoms with Crippen molar-refractivity contribution in [2.24, 2.45) is 0 Å². The van der Waals surface area contributed by atoms with E-state index >= 15 is 0 Å². The van der Waals surface area contributed by atoms with Crippen LogP contribution >= 0.6 is 12.4 Å². The van der Waals surface area contributed by atoms with E-state index in [2.05, 4.69) is 20.8 Å². The molecule has 0 bridgehead atoms. The molecule has 0 aliphatic carbocycles. The molecule has 0 heterocycles. The zero-order valence-electron chi connectivity index (χ0n) is 4.06. The molecule has 0 aliphatic heterocycles. The first-order valence-electron chi connectivity index (χ1n) is 1.33. The van der Waals surface area contributed by atoms with Gasteiger partial charge < -0.3 is 5.32 Å². The molecule has 1 N–H and O–H groups in total. The van der Waals surface area contributed by atoms with Crippen LogP contribution in [0.1, 0.15) is 0 Å². The molecule has 0 unspecified atom stereocenters. The van der Waals surface area contributed by atoms with Gasteiger partial charge in [0.15, 0.2) is 0 Å². The van der Waals surface area contributed by atoms with Crippen molar-refractivity contribution < 1.29 is 0 Å². The zero-order chi connectivity index (χ0) is 4.71. The Bertz CT molecular complexity index is 11.5. The van der Waals surface area contributed by atoms with E-state index in [9.17, 15) is 0 Å². The molecule has 0 aromatic heterocycles. The predicted molar refractivity (Wildman–Crippen MR) is 33.7 cm³/mol. The van der Waals surface area contributed by atoms with Gasteiger partial charge in [0.25, 0.3) is 0 Å². The zero-order valence-corrected chi connectivity index (χ0v) is 4.88. The topological polar surface area (TPSA) is 12.0 Å². The van der Waals surface area contributed by atoms with Gasteiger partial charge in [0.2, 0.25) is 0 Å². The highest BCUT2D eigenvalue weighted by Gasteiger charge is 1.25. The van der Waals surface area contributed by atoms with E-state index in [0.29, 0.717) is 0 Å². The summed E-state index contributed by atoms with van der Waals surface area (Å²) in [6.07, 6.45) is 0. The molecule has 4 heteroatoms. The number of halogens is 1. The maximum Gasteiger partial charge on any atom is 0 e. The Morgan fingerprint density at radius 1 is 1.17 bits per heavy atom. The largest absolute Gasteiger partial charge is 0.323 e. The number of hydrogen-bond acceptors (Lipinski definition) is 1. The standard InChI is InChI=1S/C2H7N.B2.ClH/c1-3-2;1-2;/h3H,1-2H3;;1H. The van der Waals surface area contributed by atoms with Crippen LogP contribution in [0.3, 0.4) is 0 Å². The van der Waals surface area contributed by atoms with Crippen molar-refractivity contribution in [3.05, 3.63) is 0 Å². The van der Waals surface area contributed by atoms with Gasteiger partial charge in [-0.05, 0) is 14.1 Å². The Hall–Kier alpha value is 0.380. The lowest BCUT2D eigenvalue weighted by atomic mass is 9.81. The second-order valence-electron chi connectivity index (χ2n) is 0.500. The SMILES string of the molecule is CNC.Cl.[B][B]. The molecule has 0 amide bonds. The fourth-order valence-corrected chi connectivity index (χ4v) is 0. The molecule has 0 aliphatic rings. The summed E-state index contributed by atoms with van der Waals surface area (Å²) in [5.74, 6) is 0. The fraction of sp³-hybridized carbons (Fsp3) is 1.00. The monoisotopic (exact) mass is 103 g/mol. The molecule has 1 nitrogen and oxygen atoms in total. The third-order valence-electron chi connectivity index (χ3n) is 0. The molecule has 0 rings (SSSR count). The van der Waals surface area contributed by atoms with Gasteiger partial charge in [-0.25, -0.2) is 0 Å². The van der Waals surface area contributed by atoms with Crippen LogP contribution in [0, 0.1) is 0 Å². The average Bonchev–Trinajstić information content (AvgIpc) is 1.46. The van der Waals surface area contributed by atoms with E-state index in [0.717, 1.165) is 0 Å². The van der Waals surface area contributed by atoms with Gasteiger partial charge in [0.1, 0.15) is 0 Å². The van der Waals surface area contributed by atoms with Gasteiger partial charge in [0, 0.05) is 15.5 Å². The van der Waals surface area contributed by atoms with Gasteiger partial charge in [-0.1, -0.05) is 0 Å². The first-order valence-corrected chi connectivity index (χ1v) is 1.33. The van der Waals surface area contributed by atoms with Crippen molar-refractivity contribution >= 4 is 27.9 Å². The Kier molecular flexibility index (Phi) is 146. The average molecular weight is 103 g/mol. The molecule has 4 radical (unpaired) electrons. The molecule has 0 atom stereocenters. The summed E-state index contributed by atoms with van der Waals surface area (Å²) in [5, 5.41) is 2.75. The van der Waals surface area contributed by atoms with E-state index in [1.54, 1.807) is 0 Å². The summed E-state index contributed by atoms with van der Waals surface area (Å²) in [6.45, 7) is 0. The van der Waals surface area contributed by atoms with Crippen molar-refractivity contribution in [2.75, 3.05) is 14.1 Å². The highest BCUT2D eigenvalue weighted by molar-refractivity contribution is 6.75. The molecular formula is C2H8B2ClN. The molecule has 0 aromatic carbocycles. The summed E-state index contributed by atoms with van der Waals surface area (Å²) in [6, 6.07) is 0. The van der Waals surface area contributed by atoms with Crippen molar-refractivity contribution in [1.29, 1.82) is 0 Å². The number of rotatable bonds is 0. The first kappa shape index (κ1) is 16.2.